The van der Waals surface area contributed by atoms with Gasteiger partial charge in [0, 0.05) is 58.3 Å². The molecule has 12 N–H and O–H groups in total. The van der Waals surface area contributed by atoms with Gasteiger partial charge in [-0.1, -0.05) is 25.7 Å². The first-order valence-corrected chi connectivity index (χ1v) is 22.3. The Morgan fingerprint density at radius 1 is 0.621 bits per heavy atom. The second kappa shape index (κ2) is 33.0. The van der Waals surface area contributed by atoms with Gasteiger partial charge in [0.2, 0.25) is 29.5 Å². The third-order valence-corrected chi connectivity index (χ3v) is 9.73. The first kappa shape index (κ1) is 53.2. The number of amides is 5. The number of phosphoric ester groups is 1. The minimum Gasteiger partial charge on any atom is -0.378 e. The van der Waals surface area contributed by atoms with E-state index in [9.17, 15) is 28.5 Å². The molecule has 58 heavy (non-hydrogen) atoms. The van der Waals surface area contributed by atoms with Crippen LogP contribution >= 0.6 is 7.82 Å². The number of carbonyl (C=O) groups is 5. The van der Waals surface area contributed by atoms with Crippen molar-refractivity contribution in [3.63, 3.8) is 0 Å². The molecule has 0 bridgehead atoms. The number of ether oxygens (including phenoxy) is 3. The zero-order valence-electron chi connectivity index (χ0n) is 34.4. The molecule has 0 unspecified atom stereocenters. The van der Waals surface area contributed by atoms with Crippen LogP contribution in [0.5, 0.6) is 0 Å². The number of likely N-dealkylation sites (tertiary alicyclic amines) is 1. The van der Waals surface area contributed by atoms with Crippen molar-refractivity contribution < 1.29 is 57.1 Å². The molecule has 0 aliphatic carbocycles. The summed E-state index contributed by atoms with van der Waals surface area (Å²) in [6.07, 6.45) is 8.81. The molecule has 1 atom stereocenters. The number of phosphoric acid groups is 1. The molecule has 1 fully saturated rings. The maximum atomic E-state index is 13.4. The highest BCUT2D eigenvalue weighted by molar-refractivity contribution is 7.46. The summed E-state index contributed by atoms with van der Waals surface area (Å²) >= 11 is 0. The van der Waals surface area contributed by atoms with Gasteiger partial charge in [0.25, 0.3) is 0 Å². The Bertz CT molecular complexity index is 1140. The van der Waals surface area contributed by atoms with Crippen LogP contribution in [0.15, 0.2) is 0 Å². The number of hydrogen-bond acceptors (Lipinski definition) is 13. The molecule has 20 nitrogen and oxygen atoms in total. The van der Waals surface area contributed by atoms with Crippen molar-refractivity contribution >= 4 is 37.4 Å². The minimum atomic E-state index is -4.60. The lowest BCUT2D eigenvalue weighted by Gasteiger charge is -2.34. The van der Waals surface area contributed by atoms with Crippen molar-refractivity contribution in [2.24, 2.45) is 17.2 Å². The van der Waals surface area contributed by atoms with E-state index in [1.165, 1.54) is 0 Å². The van der Waals surface area contributed by atoms with Gasteiger partial charge in [-0.3, -0.25) is 28.5 Å². The van der Waals surface area contributed by atoms with E-state index >= 15 is 0 Å². The Morgan fingerprint density at radius 3 is 1.48 bits per heavy atom. The lowest BCUT2D eigenvalue weighted by Crippen LogP contribution is -2.58. The van der Waals surface area contributed by atoms with E-state index in [-0.39, 0.29) is 108 Å². The number of nitrogens with zero attached hydrogens (tertiary/aromatic N) is 1. The topological polar surface area (TPSA) is 309 Å². The third kappa shape index (κ3) is 27.8. The smallest absolute Gasteiger partial charge is 0.378 e. The molecule has 0 aromatic heterocycles. The second-order valence-corrected chi connectivity index (χ2v) is 15.7. The molecule has 1 aliphatic heterocycles. The van der Waals surface area contributed by atoms with Crippen LogP contribution in [0.2, 0.25) is 0 Å². The van der Waals surface area contributed by atoms with Crippen molar-refractivity contribution in [3.05, 3.63) is 0 Å². The van der Waals surface area contributed by atoms with E-state index in [0.29, 0.717) is 90.8 Å². The average molecular weight is 853 g/mol. The number of nitrogens with one attached hydrogen (secondary N) is 4. The van der Waals surface area contributed by atoms with Crippen LogP contribution in [-0.2, 0) is 47.3 Å². The van der Waals surface area contributed by atoms with Gasteiger partial charge in [-0.05, 0) is 64.6 Å². The number of nitrogens with two attached hydrogens (primary N) is 3. The van der Waals surface area contributed by atoms with Gasteiger partial charge in [-0.2, -0.15) is 0 Å². The first-order chi connectivity index (χ1) is 27.8. The minimum absolute atomic E-state index is 0.0452. The number of carbonyl (C=O) groups excluding carboxylic acids is 5. The van der Waals surface area contributed by atoms with E-state index in [4.69, 9.17) is 41.2 Å². The summed E-state index contributed by atoms with van der Waals surface area (Å²) in [6.45, 7) is 3.10. The fourth-order valence-corrected chi connectivity index (χ4v) is 6.44. The summed E-state index contributed by atoms with van der Waals surface area (Å²) in [5.41, 5.74) is 15.3. The largest absolute Gasteiger partial charge is 0.469 e. The number of unbranched alkanes of at least 4 members (excludes halogenated alkanes) is 5. The molecule has 1 heterocycles. The maximum absolute atomic E-state index is 13.4. The molecule has 0 spiro atoms. The van der Waals surface area contributed by atoms with E-state index in [1.54, 1.807) is 4.90 Å². The van der Waals surface area contributed by atoms with Gasteiger partial charge in [0.1, 0.15) is 5.54 Å². The van der Waals surface area contributed by atoms with Gasteiger partial charge >= 0.3 is 7.82 Å². The Balaban J connectivity index is 2.74. The van der Waals surface area contributed by atoms with Crippen molar-refractivity contribution in [1.29, 1.82) is 0 Å². The normalized spacial score (nSPS) is 14.4. The van der Waals surface area contributed by atoms with Crippen LogP contribution in [0.4, 0.5) is 0 Å². The number of hydrogen-bond donors (Lipinski definition) is 9. The standard InChI is InChI=1S/C37H73N8O12P/c38-17-8-20-41-32(46)14-24-54-28-37(29-55-25-15-33(47)42-21-9-18-39,30-56-26-16-34(48)43-22-10-19-40)44-35(49)12-5-3-1-2-4-6-13-36(50)45-23-7-11-31(45)27-57-58(51,52)53/h31H,1-30,38-40H2,(H,41,46)(H,42,47)(H,43,48)(H,44,49)(H2,51,52,53)/t31-/m0/s1. The number of rotatable bonds is 37. The molecular formula is C37H73N8O12P. The van der Waals surface area contributed by atoms with Crippen LogP contribution in [0.25, 0.3) is 0 Å². The third-order valence-electron chi connectivity index (χ3n) is 9.25. The average Bonchev–Trinajstić information content (AvgIpc) is 3.66. The highest BCUT2D eigenvalue weighted by Crippen LogP contribution is 2.37. The zero-order valence-corrected chi connectivity index (χ0v) is 35.3. The fourth-order valence-electron chi connectivity index (χ4n) is 6.08. The van der Waals surface area contributed by atoms with Gasteiger partial charge < -0.3 is 67.4 Å². The summed E-state index contributed by atoms with van der Waals surface area (Å²) in [5, 5.41) is 11.4. The Hall–Kier alpha value is -2.78. The van der Waals surface area contributed by atoms with Crippen LogP contribution < -0.4 is 38.5 Å². The fraction of sp³-hybridized carbons (Fsp3) is 0.865. The Labute approximate surface area is 343 Å². The van der Waals surface area contributed by atoms with Crippen LogP contribution in [0.1, 0.15) is 103 Å². The molecule has 5 amide bonds. The predicted molar refractivity (Wildman–Crippen MR) is 217 cm³/mol. The maximum Gasteiger partial charge on any atom is 0.469 e. The molecule has 0 radical (unpaired) electrons. The van der Waals surface area contributed by atoms with Gasteiger partial charge in [-0.15, -0.1) is 0 Å². The van der Waals surface area contributed by atoms with Crippen molar-refractivity contribution in [3.8, 4) is 0 Å². The van der Waals surface area contributed by atoms with E-state index in [2.05, 4.69) is 25.8 Å². The van der Waals surface area contributed by atoms with E-state index in [1.807, 2.05) is 0 Å². The molecule has 0 aromatic rings. The lowest BCUT2D eigenvalue weighted by atomic mass is 10.0. The summed E-state index contributed by atoms with van der Waals surface area (Å²) < 4.78 is 33.4. The van der Waals surface area contributed by atoms with Crippen molar-refractivity contribution in [1.82, 2.24) is 26.2 Å². The Kier molecular flexibility index (Phi) is 30.3. The van der Waals surface area contributed by atoms with Crippen LogP contribution in [0.3, 0.4) is 0 Å². The quantitative estimate of drug-likeness (QED) is 0.0286. The summed E-state index contributed by atoms with van der Waals surface area (Å²) in [6, 6.07) is -0.330. The van der Waals surface area contributed by atoms with Gasteiger partial charge in [-0.25, -0.2) is 4.57 Å². The highest BCUT2D eigenvalue weighted by atomic mass is 31.2. The van der Waals surface area contributed by atoms with E-state index < -0.39 is 13.4 Å². The van der Waals surface area contributed by atoms with Gasteiger partial charge in [0.05, 0.1) is 52.3 Å². The van der Waals surface area contributed by atoms with Crippen molar-refractivity contribution in [2.75, 3.05) is 92.1 Å². The molecule has 1 aliphatic rings. The molecular weight excluding hydrogens is 779 g/mol. The molecule has 21 heteroatoms. The second-order valence-electron chi connectivity index (χ2n) is 14.5. The lowest BCUT2D eigenvalue weighted by molar-refractivity contribution is -0.133. The molecule has 0 aromatic carbocycles. The van der Waals surface area contributed by atoms with Crippen LogP contribution in [0, 0.1) is 0 Å². The SMILES string of the molecule is NCCCNC(=O)CCOCC(COCCC(=O)NCCCN)(COCCC(=O)NCCCN)NC(=O)CCCCCCCCC(=O)N1CCC[C@H]1COP(=O)(O)O. The molecule has 0 saturated carbocycles. The predicted octanol–water partition coefficient (Wildman–Crippen LogP) is -0.322. The first-order valence-electron chi connectivity index (χ1n) is 20.8. The molecule has 1 rings (SSSR count). The summed E-state index contributed by atoms with van der Waals surface area (Å²) in [7, 11) is -4.60. The monoisotopic (exact) mass is 853 g/mol. The summed E-state index contributed by atoms with van der Waals surface area (Å²) in [5.74, 6) is -0.904. The van der Waals surface area contributed by atoms with Crippen molar-refractivity contribution in [2.45, 2.75) is 114 Å². The zero-order chi connectivity index (χ0) is 42.9. The highest BCUT2D eigenvalue weighted by Gasteiger charge is 2.34. The molecule has 1 saturated heterocycles. The van der Waals surface area contributed by atoms with Crippen LogP contribution in [-0.4, -0.2) is 148 Å². The molecule has 338 valence electrons. The van der Waals surface area contributed by atoms with Gasteiger partial charge in [0.15, 0.2) is 0 Å². The summed E-state index contributed by atoms with van der Waals surface area (Å²) in [4.78, 5) is 82.5. The van der Waals surface area contributed by atoms with E-state index in [0.717, 1.165) is 32.1 Å². The Morgan fingerprint density at radius 2 is 1.05 bits per heavy atom.